The molecule has 0 radical (unpaired) electrons. The first kappa shape index (κ1) is 18.0. The van der Waals surface area contributed by atoms with Gasteiger partial charge in [-0.25, -0.2) is 0 Å². The molecule has 1 unspecified atom stereocenters. The van der Waals surface area contributed by atoms with Crippen LogP contribution in [0.4, 0.5) is 0 Å². The molecule has 1 aromatic rings. The molecule has 118 valence electrons. The van der Waals surface area contributed by atoms with Crippen LogP contribution in [0.3, 0.4) is 0 Å². The lowest BCUT2D eigenvalue weighted by atomic mass is 9.94. The summed E-state index contributed by atoms with van der Waals surface area (Å²) in [6.45, 7) is 4.57. The molecule has 0 saturated carbocycles. The van der Waals surface area contributed by atoms with E-state index in [0.29, 0.717) is 18.2 Å². The molecule has 1 amide bonds. The lowest BCUT2D eigenvalue weighted by Crippen LogP contribution is -2.32. The molecule has 1 heterocycles. The zero-order valence-electron chi connectivity index (χ0n) is 12.5. The second-order valence-corrected chi connectivity index (χ2v) is 7.49. The average Bonchev–Trinajstić information content (AvgIpc) is 2.88. The third kappa shape index (κ3) is 8.78. The summed E-state index contributed by atoms with van der Waals surface area (Å²) in [6.07, 6.45) is 0.926. The minimum Gasteiger partial charge on any atom is -0.481 e. The molecule has 0 saturated heterocycles. The number of hydrogen-bond acceptors (Lipinski definition) is 4. The summed E-state index contributed by atoms with van der Waals surface area (Å²) in [5, 5.41) is 13.8. The van der Waals surface area contributed by atoms with Crippen molar-refractivity contribution in [1.29, 1.82) is 0 Å². The molecule has 0 spiro atoms. The molecule has 6 heteroatoms. The van der Waals surface area contributed by atoms with Gasteiger partial charge in [-0.15, -0.1) is 23.1 Å². The standard InChI is InChI=1S/C15H23NO3S2/c1-11(2)6-12(7-15(18)19)8-16-14(17)10-20-9-13-4-3-5-21-13/h3-5,11-12H,6-10H2,1-2H3,(H,16,17)(H,18,19). The normalized spacial score (nSPS) is 12.3. The summed E-state index contributed by atoms with van der Waals surface area (Å²) in [5.41, 5.74) is 0. The monoisotopic (exact) mass is 329 g/mol. The van der Waals surface area contributed by atoms with Gasteiger partial charge in [0.1, 0.15) is 0 Å². The van der Waals surface area contributed by atoms with Crippen molar-refractivity contribution in [2.45, 2.75) is 32.4 Å². The van der Waals surface area contributed by atoms with E-state index in [-0.39, 0.29) is 18.2 Å². The molecule has 1 aromatic heterocycles. The van der Waals surface area contributed by atoms with Crippen molar-refractivity contribution in [3.05, 3.63) is 22.4 Å². The van der Waals surface area contributed by atoms with Crippen LogP contribution in [0.25, 0.3) is 0 Å². The minimum absolute atomic E-state index is 0.00810. The van der Waals surface area contributed by atoms with Gasteiger partial charge in [0.05, 0.1) is 5.75 Å². The van der Waals surface area contributed by atoms with Gasteiger partial charge in [-0.3, -0.25) is 9.59 Å². The number of thiophene rings is 1. The Kier molecular flexibility index (Phi) is 8.45. The van der Waals surface area contributed by atoms with Crippen LogP contribution < -0.4 is 5.32 Å². The van der Waals surface area contributed by atoms with Crippen molar-refractivity contribution < 1.29 is 14.7 Å². The zero-order valence-corrected chi connectivity index (χ0v) is 14.1. The van der Waals surface area contributed by atoms with E-state index in [0.717, 1.165) is 12.2 Å². The Bertz CT molecular complexity index is 432. The van der Waals surface area contributed by atoms with Crippen LogP contribution in [0, 0.1) is 11.8 Å². The topological polar surface area (TPSA) is 66.4 Å². The molecule has 0 bridgehead atoms. The van der Waals surface area contributed by atoms with E-state index >= 15 is 0 Å². The number of carbonyl (C=O) groups is 2. The SMILES string of the molecule is CC(C)CC(CNC(=O)CSCc1cccs1)CC(=O)O. The van der Waals surface area contributed by atoms with E-state index in [9.17, 15) is 9.59 Å². The second-order valence-electron chi connectivity index (χ2n) is 5.47. The highest BCUT2D eigenvalue weighted by Gasteiger charge is 2.16. The number of nitrogens with one attached hydrogen (secondary N) is 1. The van der Waals surface area contributed by atoms with E-state index in [1.807, 2.05) is 11.4 Å². The molecule has 1 rings (SSSR count). The van der Waals surface area contributed by atoms with Gasteiger partial charge in [0.15, 0.2) is 0 Å². The number of hydrogen-bond donors (Lipinski definition) is 2. The van der Waals surface area contributed by atoms with Crippen molar-refractivity contribution in [1.82, 2.24) is 5.32 Å². The van der Waals surface area contributed by atoms with Crippen molar-refractivity contribution in [3.8, 4) is 0 Å². The largest absolute Gasteiger partial charge is 0.481 e. The number of carbonyl (C=O) groups excluding carboxylic acids is 1. The summed E-state index contributed by atoms with van der Waals surface area (Å²) in [4.78, 5) is 23.9. The molecule has 0 aromatic carbocycles. The Morgan fingerprint density at radius 3 is 2.76 bits per heavy atom. The van der Waals surface area contributed by atoms with Gasteiger partial charge in [-0.1, -0.05) is 19.9 Å². The number of aliphatic carboxylic acids is 1. The van der Waals surface area contributed by atoms with Crippen LogP contribution >= 0.6 is 23.1 Å². The summed E-state index contributed by atoms with van der Waals surface area (Å²) >= 11 is 3.27. The van der Waals surface area contributed by atoms with Crippen molar-refractivity contribution in [3.63, 3.8) is 0 Å². The van der Waals surface area contributed by atoms with Crippen molar-refractivity contribution in [2.24, 2.45) is 11.8 Å². The fourth-order valence-electron chi connectivity index (χ4n) is 2.10. The Labute approximate surface area is 134 Å². The second kappa shape index (κ2) is 9.84. The van der Waals surface area contributed by atoms with Crippen LogP contribution in [0.2, 0.25) is 0 Å². The van der Waals surface area contributed by atoms with E-state index in [2.05, 4.69) is 25.2 Å². The van der Waals surface area contributed by atoms with Crippen molar-refractivity contribution in [2.75, 3.05) is 12.3 Å². The Morgan fingerprint density at radius 2 is 2.19 bits per heavy atom. The molecular formula is C15H23NO3S2. The first-order valence-electron chi connectivity index (χ1n) is 7.06. The number of carboxylic acid groups (broad SMARTS) is 1. The summed E-state index contributed by atoms with van der Waals surface area (Å²) in [5.74, 6) is 0.875. The fraction of sp³-hybridized carbons (Fsp3) is 0.600. The molecule has 0 aliphatic carbocycles. The minimum atomic E-state index is -0.804. The molecule has 21 heavy (non-hydrogen) atoms. The Balaban J connectivity index is 2.23. The summed E-state index contributed by atoms with van der Waals surface area (Å²) in [7, 11) is 0. The third-order valence-electron chi connectivity index (χ3n) is 2.91. The molecule has 0 fully saturated rings. The van der Waals surface area contributed by atoms with E-state index in [4.69, 9.17) is 5.11 Å². The maximum Gasteiger partial charge on any atom is 0.303 e. The maximum absolute atomic E-state index is 11.8. The van der Waals surface area contributed by atoms with Gasteiger partial charge in [0.25, 0.3) is 0 Å². The lowest BCUT2D eigenvalue weighted by Gasteiger charge is -2.17. The van der Waals surface area contributed by atoms with E-state index in [1.165, 1.54) is 4.88 Å². The third-order valence-corrected chi connectivity index (χ3v) is 4.95. The van der Waals surface area contributed by atoms with Gasteiger partial charge in [0.2, 0.25) is 5.91 Å². The van der Waals surface area contributed by atoms with Gasteiger partial charge in [0, 0.05) is 23.6 Å². The number of amides is 1. The van der Waals surface area contributed by atoms with E-state index < -0.39 is 5.97 Å². The first-order chi connectivity index (χ1) is 9.97. The van der Waals surface area contributed by atoms with Gasteiger partial charge in [-0.05, 0) is 29.7 Å². The highest BCUT2D eigenvalue weighted by atomic mass is 32.2. The van der Waals surface area contributed by atoms with Gasteiger partial charge >= 0.3 is 5.97 Å². The van der Waals surface area contributed by atoms with Crippen LogP contribution in [0.1, 0.15) is 31.6 Å². The quantitative estimate of drug-likeness (QED) is 0.691. The smallest absolute Gasteiger partial charge is 0.303 e. The summed E-state index contributed by atoms with van der Waals surface area (Å²) < 4.78 is 0. The Hall–Kier alpha value is -1.01. The molecule has 0 aliphatic heterocycles. The molecule has 1 atom stereocenters. The first-order valence-corrected chi connectivity index (χ1v) is 9.09. The summed E-state index contributed by atoms with van der Waals surface area (Å²) in [6, 6.07) is 4.06. The lowest BCUT2D eigenvalue weighted by molar-refractivity contribution is -0.138. The van der Waals surface area contributed by atoms with Crippen LogP contribution in [-0.2, 0) is 15.3 Å². The number of carboxylic acids is 1. The van der Waals surface area contributed by atoms with Crippen LogP contribution in [0.15, 0.2) is 17.5 Å². The van der Waals surface area contributed by atoms with Crippen molar-refractivity contribution >= 4 is 35.0 Å². The maximum atomic E-state index is 11.8. The van der Waals surface area contributed by atoms with Gasteiger partial charge < -0.3 is 10.4 Å². The predicted molar refractivity (Wildman–Crippen MR) is 88.7 cm³/mol. The van der Waals surface area contributed by atoms with Crippen LogP contribution in [0.5, 0.6) is 0 Å². The number of rotatable bonds is 10. The molecule has 0 aliphatic rings. The Morgan fingerprint density at radius 1 is 1.43 bits per heavy atom. The predicted octanol–water partition coefficient (Wildman–Crippen LogP) is 3.23. The van der Waals surface area contributed by atoms with E-state index in [1.54, 1.807) is 23.1 Å². The van der Waals surface area contributed by atoms with Crippen LogP contribution in [-0.4, -0.2) is 29.3 Å². The average molecular weight is 329 g/mol. The molecule has 2 N–H and O–H groups in total. The highest BCUT2D eigenvalue weighted by molar-refractivity contribution is 7.99. The van der Waals surface area contributed by atoms with Gasteiger partial charge in [-0.2, -0.15) is 0 Å². The highest BCUT2D eigenvalue weighted by Crippen LogP contribution is 2.17. The number of thioether (sulfide) groups is 1. The molecular weight excluding hydrogens is 306 g/mol. The molecule has 4 nitrogen and oxygen atoms in total. The fourth-order valence-corrected chi connectivity index (χ4v) is 3.80. The zero-order chi connectivity index (χ0) is 15.7.